The summed E-state index contributed by atoms with van der Waals surface area (Å²) in [7, 11) is 0. The number of hydrogen-bond donors (Lipinski definition) is 0. The standard InChI is InChI=1S/C34H48O2/c1-31(2,3)25-17-23-16-24(20-35-29(23)19-26(25)32(4,5)6)21-13-14-28-22(15-21)18-27(33(7,8)9)30(36-28)34(10,11)12/h13-15,17,19-20,27,30H,16,18H2,1-12H3. The molecule has 2 aromatic rings. The molecule has 0 aromatic heterocycles. The van der Waals surface area contributed by atoms with E-state index in [2.05, 4.69) is 113 Å². The third kappa shape index (κ3) is 5.24. The van der Waals surface area contributed by atoms with Gasteiger partial charge in [-0.3, -0.25) is 0 Å². The van der Waals surface area contributed by atoms with Crippen molar-refractivity contribution in [3.05, 3.63) is 64.4 Å². The van der Waals surface area contributed by atoms with Gasteiger partial charge in [0.15, 0.2) is 0 Å². The van der Waals surface area contributed by atoms with Gasteiger partial charge in [0.2, 0.25) is 0 Å². The number of benzene rings is 2. The SMILES string of the molecule is CC(C)(C)c1cc2c(cc1C(C)(C)C)OC=C(c1ccc3c(c1)CC(C(C)(C)C)C(C(C)(C)C)O3)C2. The minimum atomic E-state index is 0.0675. The van der Waals surface area contributed by atoms with E-state index >= 15 is 0 Å². The summed E-state index contributed by atoms with van der Waals surface area (Å²) in [5.74, 6) is 2.50. The van der Waals surface area contributed by atoms with E-state index in [1.165, 1.54) is 33.4 Å². The average Bonchev–Trinajstić information content (AvgIpc) is 2.74. The third-order valence-corrected chi connectivity index (χ3v) is 7.98. The molecular weight excluding hydrogens is 440 g/mol. The predicted molar refractivity (Wildman–Crippen MR) is 153 cm³/mol. The maximum atomic E-state index is 6.68. The van der Waals surface area contributed by atoms with Gasteiger partial charge in [0.25, 0.3) is 0 Å². The molecule has 0 saturated carbocycles. The van der Waals surface area contributed by atoms with Crippen LogP contribution in [0.25, 0.3) is 5.57 Å². The number of hydrogen-bond acceptors (Lipinski definition) is 2. The van der Waals surface area contributed by atoms with Crippen LogP contribution in [0, 0.1) is 16.7 Å². The quantitative estimate of drug-likeness (QED) is 0.398. The van der Waals surface area contributed by atoms with Crippen molar-refractivity contribution in [2.24, 2.45) is 16.7 Å². The Morgan fingerprint density at radius 2 is 1.28 bits per heavy atom. The Bertz CT molecular complexity index is 1170. The summed E-state index contributed by atoms with van der Waals surface area (Å²) < 4.78 is 13.0. The molecule has 0 N–H and O–H groups in total. The summed E-state index contributed by atoms with van der Waals surface area (Å²) in [6.07, 6.45) is 4.10. The van der Waals surface area contributed by atoms with E-state index in [0.29, 0.717) is 5.92 Å². The van der Waals surface area contributed by atoms with Crippen molar-refractivity contribution in [3.63, 3.8) is 0 Å². The molecule has 0 amide bonds. The second-order valence-corrected chi connectivity index (χ2v) is 15.3. The summed E-state index contributed by atoms with van der Waals surface area (Å²) in [4.78, 5) is 0. The van der Waals surface area contributed by atoms with E-state index in [4.69, 9.17) is 9.47 Å². The largest absolute Gasteiger partial charge is 0.489 e. The highest BCUT2D eigenvalue weighted by Gasteiger charge is 2.43. The molecule has 2 aliphatic heterocycles. The molecule has 196 valence electrons. The molecule has 36 heavy (non-hydrogen) atoms. The van der Waals surface area contributed by atoms with E-state index in [-0.39, 0.29) is 27.8 Å². The summed E-state index contributed by atoms with van der Waals surface area (Å²) in [5.41, 5.74) is 8.27. The van der Waals surface area contributed by atoms with Gasteiger partial charge >= 0.3 is 0 Å². The molecule has 0 fully saturated rings. The first kappa shape index (κ1) is 26.8. The molecule has 0 spiro atoms. The van der Waals surface area contributed by atoms with Crippen LogP contribution in [0.1, 0.15) is 111 Å². The molecule has 2 atom stereocenters. The van der Waals surface area contributed by atoms with Gasteiger partial charge in [-0.1, -0.05) is 95.2 Å². The van der Waals surface area contributed by atoms with Crippen LogP contribution < -0.4 is 9.47 Å². The maximum absolute atomic E-state index is 6.68. The molecule has 0 bridgehead atoms. The van der Waals surface area contributed by atoms with Gasteiger partial charge in [0.1, 0.15) is 17.6 Å². The topological polar surface area (TPSA) is 18.5 Å². The first-order valence-electron chi connectivity index (χ1n) is 13.7. The zero-order chi connectivity index (χ0) is 26.8. The Morgan fingerprint density at radius 1 is 0.667 bits per heavy atom. The van der Waals surface area contributed by atoms with Gasteiger partial charge in [-0.25, -0.2) is 0 Å². The van der Waals surface area contributed by atoms with Gasteiger partial charge in [-0.2, -0.15) is 0 Å². The highest BCUT2D eigenvalue weighted by atomic mass is 16.5. The van der Waals surface area contributed by atoms with Crippen molar-refractivity contribution in [3.8, 4) is 11.5 Å². The number of allylic oxidation sites excluding steroid dienone is 1. The summed E-state index contributed by atoms with van der Waals surface area (Å²) in [5, 5.41) is 0. The van der Waals surface area contributed by atoms with Crippen LogP contribution in [0.4, 0.5) is 0 Å². The van der Waals surface area contributed by atoms with Crippen LogP contribution in [-0.4, -0.2) is 6.10 Å². The fraction of sp³-hybridized carbons (Fsp3) is 0.588. The van der Waals surface area contributed by atoms with Crippen LogP contribution in [0.2, 0.25) is 0 Å². The molecule has 2 unspecified atom stereocenters. The molecular formula is C34H48O2. The van der Waals surface area contributed by atoms with Crippen LogP contribution in [-0.2, 0) is 23.7 Å². The zero-order valence-electron chi connectivity index (χ0n) is 24.8. The lowest BCUT2D eigenvalue weighted by atomic mass is 9.66. The van der Waals surface area contributed by atoms with Crippen LogP contribution in [0.5, 0.6) is 11.5 Å². The Labute approximate surface area is 220 Å². The van der Waals surface area contributed by atoms with Crippen molar-refractivity contribution in [2.75, 3.05) is 0 Å². The monoisotopic (exact) mass is 488 g/mol. The Kier molecular flexibility index (Phi) is 6.47. The summed E-state index contributed by atoms with van der Waals surface area (Å²) in [6.45, 7) is 27.7. The smallest absolute Gasteiger partial charge is 0.130 e. The first-order valence-corrected chi connectivity index (χ1v) is 13.7. The van der Waals surface area contributed by atoms with Crippen molar-refractivity contribution < 1.29 is 9.47 Å². The second-order valence-electron chi connectivity index (χ2n) is 15.3. The summed E-state index contributed by atoms with van der Waals surface area (Å²) in [6, 6.07) is 11.4. The van der Waals surface area contributed by atoms with E-state index < -0.39 is 0 Å². The highest BCUT2D eigenvalue weighted by Crippen LogP contribution is 2.47. The molecule has 2 heteroatoms. The molecule has 2 aliphatic rings. The minimum absolute atomic E-state index is 0.0675. The summed E-state index contributed by atoms with van der Waals surface area (Å²) >= 11 is 0. The fourth-order valence-electron chi connectivity index (χ4n) is 5.82. The second kappa shape index (κ2) is 8.67. The molecule has 0 aliphatic carbocycles. The van der Waals surface area contributed by atoms with E-state index in [0.717, 1.165) is 24.3 Å². The van der Waals surface area contributed by atoms with Crippen LogP contribution >= 0.6 is 0 Å². The lowest BCUT2D eigenvalue weighted by Crippen LogP contribution is -2.47. The Balaban J connectivity index is 1.68. The van der Waals surface area contributed by atoms with Gasteiger partial charge in [0, 0.05) is 12.3 Å². The lowest BCUT2D eigenvalue weighted by Gasteiger charge is -2.46. The molecule has 0 radical (unpaired) electrons. The van der Waals surface area contributed by atoms with Gasteiger partial charge in [-0.15, -0.1) is 0 Å². The minimum Gasteiger partial charge on any atom is -0.489 e. The maximum Gasteiger partial charge on any atom is 0.130 e. The molecule has 0 saturated heterocycles. The number of rotatable bonds is 1. The van der Waals surface area contributed by atoms with Crippen molar-refractivity contribution in [1.29, 1.82) is 0 Å². The van der Waals surface area contributed by atoms with Crippen molar-refractivity contribution in [1.82, 2.24) is 0 Å². The average molecular weight is 489 g/mol. The van der Waals surface area contributed by atoms with Crippen molar-refractivity contribution >= 4 is 5.57 Å². The van der Waals surface area contributed by atoms with E-state index in [1.807, 2.05) is 6.26 Å². The third-order valence-electron chi connectivity index (χ3n) is 7.98. The van der Waals surface area contributed by atoms with Crippen molar-refractivity contribution in [2.45, 2.75) is 113 Å². The molecule has 2 aromatic carbocycles. The fourth-order valence-corrected chi connectivity index (χ4v) is 5.82. The highest BCUT2D eigenvalue weighted by molar-refractivity contribution is 5.72. The predicted octanol–water partition coefficient (Wildman–Crippen LogP) is 9.27. The van der Waals surface area contributed by atoms with Crippen LogP contribution in [0.3, 0.4) is 0 Å². The molecule has 4 rings (SSSR count). The van der Waals surface area contributed by atoms with Crippen LogP contribution in [0.15, 0.2) is 36.6 Å². The van der Waals surface area contributed by atoms with Gasteiger partial charge < -0.3 is 9.47 Å². The first-order chi connectivity index (χ1) is 16.4. The Morgan fingerprint density at radius 3 is 1.83 bits per heavy atom. The van der Waals surface area contributed by atoms with E-state index in [9.17, 15) is 0 Å². The lowest BCUT2D eigenvalue weighted by molar-refractivity contribution is -0.0247. The normalized spacial score (nSPS) is 20.6. The number of fused-ring (bicyclic) bond motifs is 2. The number of ether oxygens (including phenoxy) is 2. The molecule has 2 heterocycles. The van der Waals surface area contributed by atoms with Gasteiger partial charge in [0.05, 0.1) is 6.26 Å². The molecule has 2 nitrogen and oxygen atoms in total. The van der Waals surface area contributed by atoms with Gasteiger partial charge in [-0.05, 0) is 79.7 Å². The Hall–Kier alpha value is -2.22. The zero-order valence-corrected chi connectivity index (χ0v) is 24.8. The van der Waals surface area contributed by atoms with E-state index in [1.54, 1.807) is 0 Å².